The van der Waals surface area contributed by atoms with Gasteiger partial charge in [-0.25, -0.2) is 9.59 Å². The Bertz CT molecular complexity index is 224. The molecule has 0 fully saturated rings. The van der Waals surface area contributed by atoms with Crippen LogP contribution in [0.4, 0.5) is 9.59 Å². The Morgan fingerprint density at radius 2 is 1.11 bits per heavy atom. The van der Waals surface area contributed by atoms with E-state index in [4.69, 9.17) is 23.2 Å². The molecule has 0 amide bonds. The molecule has 0 atom stereocenters. The van der Waals surface area contributed by atoms with Crippen molar-refractivity contribution in [3.05, 3.63) is 0 Å². The largest absolute Gasteiger partial charge is 0.518 e. The van der Waals surface area contributed by atoms with Crippen molar-refractivity contribution in [1.82, 2.24) is 0 Å². The van der Waals surface area contributed by atoms with Crippen LogP contribution in [0.3, 0.4) is 0 Å². The summed E-state index contributed by atoms with van der Waals surface area (Å²) in [4.78, 5) is 22.1. The van der Waals surface area contributed by atoms with Crippen LogP contribution < -0.4 is 0 Å². The van der Waals surface area contributed by atoms with Gasteiger partial charge in [-0.1, -0.05) is 0 Å². The van der Waals surface area contributed by atoms with Gasteiger partial charge in [0.05, 0.1) is 13.2 Å². The highest BCUT2D eigenvalue weighted by Crippen LogP contribution is 2.01. The van der Waals surface area contributed by atoms with Crippen molar-refractivity contribution in [3.63, 3.8) is 0 Å². The molecule has 0 rings (SSSR count). The number of halogens is 2. The minimum absolute atomic E-state index is 0.207. The predicted octanol–water partition coefficient (Wildman–Crippen LogP) is 4.09. The molecule has 0 aromatic rings. The minimum atomic E-state index is -1.03. The predicted molar refractivity (Wildman–Crippen MR) is 72.9 cm³/mol. The molecule has 19 heavy (non-hydrogen) atoms. The zero-order chi connectivity index (χ0) is 14.3. The van der Waals surface area contributed by atoms with Crippen LogP contribution in [-0.4, -0.2) is 37.3 Å². The number of alkyl halides is 2. The molecule has 0 saturated carbocycles. The number of hydrogen-bond donors (Lipinski definition) is 0. The Morgan fingerprint density at radius 1 is 0.684 bits per heavy atom. The summed E-state index contributed by atoms with van der Waals surface area (Å²) in [5, 5.41) is 0. The maximum absolute atomic E-state index is 11.0. The van der Waals surface area contributed by atoms with E-state index in [-0.39, 0.29) is 13.2 Å². The lowest BCUT2D eigenvalue weighted by atomic mass is 10.3. The average molecular weight is 315 g/mol. The second-order valence-corrected chi connectivity index (χ2v) is 4.55. The highest BCUT2D eigenvalue weighted by atomic mass is 35.5. The number of unbranched alkanes of at least 4 members (excludes halogenated alkanes) is 4. The number of rotatable bonds is 10. The van der Waals surface area contributed by atoms with Gasteiger partial charge >= 0.3 is 12.3 Å². The summed E-state index contributed by atoms with van der Waals surface area (Å²) in [6.45, 7) is 0.414. The summed E-state index contributed by atoms with van der Waals surface area (Å²) in [6, 6.07) is 0. The van der Waals surface area contributed by atoms with E-state index in [0.29, 0.717) is 24.6 Å². The summed E-state index contributed by atoms with van der Waals surface area (Å²) in [7, 11) is 0. The van der Waals surface area contributed by atoms with Gasteiger partial charge in [-0.2, -0.15) is 0 Å². The summed E-state index contributed by atoms with van der Waals surface area (Å²) in [6.07, 6.45) is 2.77. The molecule has 0 N–H and O–H groups in total. The van der Waals surface area contributed by atoms with Crippen LogP contribution in [0.25, 0.3) is 0 Å². The van der Waals surface area contributed by atoms with Crippen molar-refractivity contribution in [2.75, 3.05) is 25.0 Å². The monoisotopic (exact) mass is 314 g/mol. The van der Waals surface area contributed by atoms with Crippen molar-refractivity contribution in [2.24, 2.45) is 0 Å². The lowest BCUT2D eigenvalue weighted by molar-refractivity contribution is 0.0354. The van der Waals surface area contributed by atoms with Crippen LogP contribution in [0.5, 0.6) is 0 Å². The third-order valence-corrected chi connectivity index (χ3v) is 2.70. The maximum Gasteiger partial charge on any atom is 0.518 e. The molecular weight excluding hydrogens is 295 g/mol. The Morgan fingerprint density at radius 3 is 1.47 bits per heavy atom. The first-order valence-electron chi connectivity index (χ1n) is 6.34. The lowest BCUT2D eigenvalue weighted by Gasteiger charge is -2.05. The van der Waals surface area contributed by atoms with Gasteiger partial charge in [0.2, 0.25) is 0 Å². The molecule has 5 nitrogen and oxygen atoms in total. The van der Waals surface area contributed by atoms with Gasteiger partial charge in [-0.05, 0) is 38.5 Å². The smallest absolute Gasteiger partial charge is 0.434 e. The second-order valence-electron chi connectivity index (χ2n) is 3.80. The van der Waals surface area contributed by atoms with E-state index in [1.54, 1.807) is 0 Å². The van der Waals surface area contributed by atoms with E-state index in [9.17, 15) is 9.59 Å². The van der Waals surface area contributed by atoms with Gasteiger partial charge in [-0.3, -0.25) is 0 Å². The Kier molecular flexibility index (Phi) is 13.3. The molecule has 0 bridgehead atoms. The van der Waals surface area contributed by atoms with E-state index >= 15 is 0 Å². The van der Waals surface area contributed by atoms with Crippen LogP contribution in [0.15, 0.2) is 0 Å². The van der Waals surface area contributed by atoms with E-state index < -0.39 is 12.3 Å². The molecule has 0 aromatic heterocycles. The first-order chi connectivity index (χ1) is 9.20. The molecule has 0 radical (unpaired) electrons. The van der Waals surface area contributed by atoms with Crippen LogP contribution in [0, 0.1) is 0 Å². The van der Waals surface area contributed by atoms with E-state index in [2.05, 4.69) is 14.2 Å². The molecule has 0 unspecified atom stereocenters. The Hall–Kier alpha value is -0.680. The summed E-state index contributed by atoms with van der Waals surface area (Å²) in [5.74, 6) is 1.17. The van der Waals surface area contributed by atoms with Gasteiger partial charge in [-0.15, -0.1) is 23.2 Å². The van der Waals surface area contributed by atoms with Gasteiger partial charge in [0.15, 0.2) is 0 Å². The minimum Gasteiger partial charge on any atom is -0.434 e. The maximum atomic E-state index is 11.0. The number of carbonyl (C=O) groups is 2. The quantitative estimate of drug-likeness (QED) is 0.263. The van der Waals surface area contributed by atoms with Gasteiger partial charge in [0, 0.05) is 11.8 Å². The van der Waals surface area contributed by atoms with Crippen molar-refractivity contribution >= 4 is 35.5 Å². The number of ether oxygens (including phenoxy) is 3. The van der Waals surface area contributed by atoms with Gasteiger partial charge in [0.25, 0.3) is 0 Å². The fourth-order valence-corrected chi connectivity index (χ4v) is 1.56. The number of hydrogen-bond acceptors (Lipinski definition) is 5. The molecule has 0 saturated heterocycles. The highest BCUT2D eigenvalue weighted by molar-refractivity contribution is 6.18. The lowest BCUT2D eigenvalue weighted by Crippen LogP contribution is -2.16. The SMILES string of the molecule is O=C(OCCCCCCl)OC(=O)OCCCCCCl. The average Bonchev–Trinajstić information content (AvgIpc) is 2.38. The fourth-order valence-electron chi connectivity index (χ4n) is 1.18. The standard InChI is InChI=1S/C12H20Cl2O5/c13-7-3-1-5-9-17-11(15)19-12(16)18-10-6-2-4-8-14/h1-10H2. The van der Waals surface area contributed by atoms with Crippen LogP contribution >= 0.6 is 23.2 Å². The molecule has 0 aromatic carbocycles. The third kappa shape index (κ3) is 13.6. The van der Waals surface area contributed by atoms with Crippen LogP contribution in [-0.2, 0) is 14.2 Å². The van der Waals surface area contributed by atoms with E-state index in [0.717, 1.165) is 25.7 Å². The molecule has 7 heteroatoms. The third-order valence-electron chi connectivity index (χ3n) is 2.16. The summed E-state index contributed by atoms with van der Waals surface area (Å²) >= 11 is 11.0. The van der Waals surface area contributed by atoms with Crippen molar-refractivity contribution in [3.8, 4) is 0 Å². The van der Waals surface area contributed by atoms with Gasteiger partial charge in [0.1, 0.15) is 0 Å². The first kappa shape index (κ1) is 18.3. The molecule has 0 aliphatic heterocycles. The molecule has 0 aliphatic carbocycles. The van der Waals surface area contributed by atoms with Crippen LogP contribution in [0.1, 0.15) is 38.5 Å². The second kappa shape index (κ2) is 13.7. The highest BCUT2D eigenvalue weighted by Gasteiger charge is 2.12. The normalized spacial score (nSPS) is 10.0. The fraction of sp³-hybridized carbons (Fsp3) is 0.833. The first-order valence-corrected chi connectivity index (χ1v) is 7.41. The number of carbonyl (C=O) groups excluding carboxylic acids is 2. The van der Waals surface area contributed by atoms with E-state index in [1.165, 1.54) is 0 Å². The zero-order valence-electron chi connectivity index (χ0n) is 10.9. The Balaban J connectivity index is 3.40. The van der Waals surface area contributed by atoms with E-state index in [1.807, 2.05) is 0 Å². The molecule has 0 spiro atoms. The summed E-state index contributed by atoms with van der Waals surface area (Å²) < 4.78 is 13.7. The molecular formula is C12H20Cl2O5. The molecule has 112 valence electrons. The Labute approximate surface area is 123 Å². The van der Waals surface area contributed by atoms with Crippen molar-refractivity contribution in [1.29, 1.82) is 0 Å². The molecule has 0 aliphatic rings. The van der Waals surface area contributed by atoms with Gasteiger partial charge < -0.3 is 14.2 Å². The van der Waals surface area contributed by atoms with Crippen molar-refractivity contribution < 1.29 is 23.8 Å². The molecule has 0 heterocycles. The van der Waals surface area contributed by atoms with Crippen LogP contribution in [0.2, 0.25) is 0 Å². The topological polar surface area (TPSA) is 61.8 Å². The zero-order valence-corrected chi connectivity index (χ0v) is 12.4. The van der Waals surface area contributed by atoms with Crippen molar-refractivity contribution in [2.45, 2.75) is 38.5 Å². The summed E-state index contributed by atoms with van der Waals surface area (Å²) in [5.41, 5.74) is 0.